The van der Waals surface area contributed by atoms with E-state index in [-0.39, 0.29) is 5.97 Å². The second kappa shape index (κ2) is 6.90. The van der Waals surface area contributed by atoms with Gasteiger partial charge in [0, 0.05) is 0 Å². The molecule has 1 fully saturated rings. The average molecular weight is 284 g/mol. The monoisotopic (exact) mass is 284 g/mol. The van der Waals surface area contributed by atoms with Gasteiger partial charge >= 0.3 is 5.97 Å². The van der Waals surface area contributed by atoms with E-state index >= 15 is 0 Å². The van der Waals surface area contributed by atoms with Gasteiger partial charge in [-0.05, 0) is 63.6 Å². The van der Waals surface area contributed by atoms with E-state index in [1.807, 2.05) is 0 Å². The van der Waals surface area contributed by atoms with Crippen LogP contribution in [0.1, 0.15) is 53.4 Å². The largest absolute Gasteiger partial charge is 0.468 e. The van der Waals surface area contributed by atoms with Gasteiger partial charge in [0.15, 0.2) is 0 Å². The van der Waals surface area contributed by atoms with Crippen molar-refractivity contribution in [2.24, 2.45) is 17.1 Å². The highest BCUT2D eigenvalue weighted by molar-refractivity contribution is 5.79. The molecular weight excluding hydrogens is 252 g/mol. The number of esters is 1. The van der Waals surface area contributed by atoms with Gasteiger partial charge in [-0.2, -0.15) is 0 Å². The van der Waals surface area contributed by atoms with E-state index in [2.05, 4.69) is 25.7 Å². The molecule has 0 bridgehead atoms. The summed E-state index contributed by atoms with van der Waals surface area (Å²) in [5.74, 6) is 0.512. The zero-order chi connectivity index (χ0) is 15.4. The minimum absolute atomic E-state index is 0.316. The summed E-state index contributed by atoms with van der Waals surface area (Å²) in [6.45, 7) is 12.1. The molecule has 2 N–H and O–H groups in total. The van der Waals surface area contributed by atoms with Crippen LogP contribution in [-0.2, 0) is 9.53 Å². The van der Waals surface area contributed by atoms with Crippen LogP contribution < -0.4 is 5.73 Å². The van der Waals surface area contributed by atoms with Crippen LogP contribution in [-0.4, -0.2) is 43.2 Å². The van der Waals surface area contributed by atoms with Crippen molar-refractivity contribution in [3.8, 4) is 0 Å². The lowest BCUT2D eigenvalue weighted by Crippen LogP contribution is -2.46. The molecule has 0 amide bonds. The Labute approximate surface area is 124 Å². The molecule has 0 aromatic heterocycles. The van der Waals surface area contributed by atoms with Crippen molar-refractivity contribution in [1.29, 1.82) is 0 Å². The number of ether oxygens (including phenoxy) is 1. The molecule has 4 nitrogen and oxygen atoms in total. The van der Waals surface area contributed by atoms with Gasteiger partial charge in [-0.25, -0.2) is 0 Å². The van der Waals surface area contributed by atoms with Crippen molar-refractivity contribution < 1.29 is 9.53 Å². The number of methoxy groups -OCH3 is 1. The summed E-state index contributed by atoms with van der Waals surface area (Å²) in [4.78, 5) is 14.0. The molecule has 4 heteroatoms. The van der Waals surface area contributed by atoms with Crippen molar-refractivity contribution in [2.75, 3.05) is 26.7 Å². The SMILES string of the molecule is COC(=O)C(C)(N)CCCN1CCC(C(C)(C)C)CC1. The van der Waals surface area contributed by atoms with E-state index in [4.69, 9.17) is 10.5 Å². The summed E-state index contributed by atoms with van der Waals surface area (Å²) in [6.07, 6.45) is 4.18. The maximum absolute atomic E-state index is 11.5. The van der Waals surface area contributed by atoms with E-state index in [1.165, 1.54) is 33.0 Å². The Morgan fingerprint density at radius 3 is 2.25 bits per heavy atom. The summed E-state index contributed by atoms with van der Waals surface area (Å²) in [5, 5.41) is 0. The van der Waals surface area contributed by atoms with E-state index in [0.717, 1.165) is 18.9 Å². The molecule has 1 saturated heterocycles. The Hall–Kier alpha value is -0.610. The second-order valence-corrected chi connectivity index (χ2v) is 7.49. The molecular formula is C16H32N2O2. The summed E-state index contributed by atoms with van der Waals surface area (Å²) >= 11 is 0. The predicted octanol–water partition coefficient (Wildman–Crippen LogP) is 2.42. The molecule has 118 valence electrons. The third-order valence-electron chi connectivity index (χ3n) is 4.63. The molecule has 0 aromatic carbocycles. The van der Waals surface area contributed by atoms with Crippen molar-refractivity contribution in [2.45, 2.75) is 58.9 Å². The van der Waals surface area contributed by atoms with Gasteiger partial charge in [-0.15, -0.1) is 0 Å². The predicted molar refractivity (Wildman–Crippen MR) is 82.5 cm³/mol. The number of hydrogen-bond acceptors (Lipinski definition) is 4. The van der Waals surface area contributed by atoms with Gasteiger partial charge in [0.1, 0.15) is 5.54 Å². The highest BCUT2D eigenvalue weighted by Crippen LogP contribution is 2.34. The van der Waals surface area contributed by atoms with Crippen molar-refractivity contribution in [1.82, 2.24) is 4.90 Å². The fourth-order valence-corrected chi connectivity index (χ4v) is 3.03. The second-order valence-electron chi connectivity index (χ2n) is 7.49. The third kappa shape index (κ3) is 5.06. The van der Waals surface area contributed by atoms with E-state index in [0.29, 0.717) is 11.8 Å². The summed E-state index contributed by atoms with van der Waals surface area (Å²) in [7, 11) is 1.39. The van der Waals surface area contributed by atoms with E-state index < -0.39 is 5.54 Å². The maximum Gasteiger partial charge on any atom is 0.325 e. The normalized spacial score (nSPS) is 21.5. The Kier molecular flexibility index (Phi) is 6.02. The number of likely N-dealkylation sites (tertiary alicyclic amines) is 1. The van der Waals surface area contributed by atoms with E-state index in [9.17, 15) is 4.79 Å². The molecule has 1 atom stereocenters. The summed E-state index contributed by atoms with van der Waals surface area (Å²) in [6, 6.07) is 0. The molecule has 0 spiro atoms. The van der Waals surface area contributed by atoms with Gasteiger partial charge < -0.3 is 15.4 Å². The summed E-state index contributed by atoms with van der Waals surface area (Å²) < 4.78 is 4.73. The zero-order valence-electron chi connectivity index (χ0n) is 13.9. The van der Waals surface area contributed by atoms with Crippen LogP contribution in [0, 0.1) is 11.3 Å². The third-order valence-corrected chi connectivity index (χ3v) is 4.63. The lowest BCUT2D eigenvalue weighted by Gasteiger charge is -2.39. The highest BCUT2D eigenvalue weighted by atomic mass is 16.5. The van der Waals surface area contributed by atoms with Crippen LogP contribution in [0.5, 0.6) is 0 Å². The first-order valence-corrected chi connectivity index (χ1v) is 7.76. The number of nitrogens with two attached hydrogens (primary N) is 1. The molecule has 1 aliphatic heterocycles. The average Bonchev–Trinajstić information content (AvgIpc) is 2.37. The minimum atomic E-state index is -0.849. The number of nitrogens with zero attached hydrogens (tertiary/aromatic N) is 1. The Bertz CT molecular complexity index is 313. The van der Waals surface area contributed by atoms with Crippen LogP contribution in [0.25, 0.3) is 0 Å². The first-order chi connectivity index (χ1) is 9.16. The Morgan fingerprint density at radius 2 is 1.80 bits per heavy atom. The molecule has 0 aromatic rings. The van der Waals surface area contributed by atoms with Gasteiger partial charge in [-0.1, -0.05) is 20.8 Å². The lowest BCUT2D eigenvalue weighted by molar-refractivity contribution is -0.146. The van der Waals surface area contributed by atoms with Crippen LogP contribution in [0.3, 0.4) is 0 Å². The molecule has 0 aliphatic carbocycles. The minimum Gasteiger partial charge on any atom is -0.468 e. The molecule has 1 aliphatic rings. The molecule has 20 heavy (non-hydrogen) atoms. The fraction of sp³-hybridized carbons (Fsp3) is 0.938. The highest BCUT2D eigenvalue weighted by Gasteiger charge is 2.30. The van der Waals surface area contributed by atoms with E-state index in [1.54, 1.807) is 6.92 Å². The maximum atomic E-state index is 11.5. The first-order valence-electron chi connectivity index (χ1n) is 7.76. The van der Waals surface area contributed by atoms with Gasteiger partial charge in [0.25, 0.3) is 0 Å². The fourth-order valence-electron chi connectivity index (χ4n) is 3.03. The number of carbonyl (C=O) groups excluding carboxylic acids is 1. The number of hydrogen-bond donors (Lipinski definition) is 1. The lowest BCUT2D eigenvalue weighted by atomic mass is 9.75. The molecule has 1 rings (SSSR count). The van der Waals surface area contributed by atoms with Gasteiger partial charge in [0.2, 0.25) is 0 Å². The molecule has 1 heterocycles. The first kappa shape index (κ1) is 17.4. The zero-order valence-corrected chi connectivity index (χ0v) is 13.9. The smallest absolute Gasteiger partial charge is 0.325 e. The van der Waals surface area contributed by atoms with Crippen LogP contribution in [0.2, 0.25) is 0 Å². The van der Waals surface area contributed by atoms with Crippen LogP contribution >= 0.6 is 0 Å². The number of piperidine rings is 1. The summed E-state index contributed by atoms with van der Waals surface area (Å²) in [5.41, 5.74) is 5.55. The topological polar surface area (TPSA) is 55.6 Å². The van der Waals surface area contributed by atoms with Crippen molar-refractivity contribution in [3.05, 3.63) is 0 Å². The molecule has 0 saturated carbocycles. The van der Waals surface area contributed by atoms with Crippen LogP contribution in [0.4, 0.5) is 0 Å². The number of carbonyl (C=O) groups is 1. The van der Waals surface area contributed by atoms with Gasteiger partial charge in [-0.3, -0.25) is 4.79 Å². The Morgan fingerprint density at radius 1 is 1.25 bits per heavy atom. The molecule has 0 radical (unpaired) electrons. The quantitative estimate of drug-likeness (QED) is 0.788. The van der Waals surface area contributed by atoms with Crippen LogP contribution in [0.15, 0.2) is 0 Å². The van der Waals surface area contributed by atoms with Gasteiger partial charge in [0.05, 0.1) is 7.11 Å². The standard InChI is InChI=1S/C16H32N2O2/c1-15(2,3)13-7-11-18(12-8-13)10-6-9-16(4,17)14(19)20-5/h13H,6-12,17H2,1-5H3. The number of rotatable bonds is 5. The Balaban J connectivity index is 2.27. The van der Waals surface area contributed by atoms with Crippen molar-refractivity contribution >= 4 is 5.97 Å². The van der Waals surface area contributed by atoms with Crippen molar-refractivity contribution in [3.63, 3.8) is 0 Å². The molecule has 1 unspecified atom stereocenters.